The summed E-state index contributed by atoms with van der Waals surface area (Å²) in [7, 11) is 4.64. The van der Waals surface area contributed by atoms with E-state index in [4.69, 9.17) is 10.5 Å². The number of rotatable bonds is 8. The Morgan fingerprint density at radius 2 is 1.79 bits per heavy atom. The minimum absolute atomic E-state index is 0.000798. The number of hydrogen-bond acceptors (Lipinski definition) is 10. The molecule has 43 heavy (non-hydrogen) atoms. The number of methoxy groups -OCH3 is 1. The fourth-order valence-corrected chi connectivity index (χ4v) is 8.37. The Labute approximate surface area is 251 Å². The standard InChI is InChI=1S/C32H43N3O8/c1-5-35(14-16-9-7-6-8-10-16)15-18-13-21(36)23-19(28(18)43-4)11-17-12-20-25(34(2)3)27(38)24(31(33)41)30(40)32(20,42)29(39)22(17)26(23)37/h13,16-17,20,22,24-25,36,42H,5-12,14-15H2,1-4H3,(H2,33,41)/t17-,20-,22?,24?,25-,32-/m0/s1. The van der Waals surface area contributed by atoms with Crippen LogP contribution < -0.4 is 10.5 Å². The van der Waals surface area contributed by atoms with Crippen molar-refractivity contribution in [3.05, 3.63) is 22.8 Å². The van der Waals surface area contributed by atoms with E-state index in [2.05, 4.69) is 11.8 Å². The van der Waals surface area contributed by atoms with Gasteiger partial charge in [-0.25, -0.2) is 0 Å². The van der Waals surface area contributed by atoms with Crippen LogP contribution in [-0.4, -0.2) is 95.0 Å². The van der Waals surface area contributed by atoms with Crippen LogP contribution in [0.25, 0.3) is 0 Å². The number of ether oxygens (including phenoxy) is 1. The Morgan fingerprint density at radius 3 is 2.37 bits per heavy atom. The van der Waals surface area contributed by atoms with Crippen molar-refractivity contribution in [3.8, 4) is 11.5 Å². The van der Waals surface area contributed by atoms with Crippen molar-refractivity contribution in [2.45, 2.75) is 70.1 Å². The van der Waals surface area contributed by atoms with Gasteiger partial charge in [0.15, 0.2) is 34.7 Å². The number of likely N-dealkylation sites (N-methyl/N-ethyl adjacent to an activating group) is 1. The number of hydrogen-bond donors (Lipinski definition) is 3. The molecule has 0 aliphatic heterocycles. The Hall–Kier alpha value is -3.15. The van der Waals surface area contributed by atoms with Crippen LogP contribution in [-0.2, 0) is 32.1 Å². The lowest BCUT2D eigenvalue weighted by Crippen LogP contribution is -2.74. The second kappa shape index (κ2) is 11.7. The van der Waals surface area contributed by atoms with Gasteiger partial charge in [-0.05, 0) is 64.2 Å². The molecule has 0 heterocycles. The number of phenolic OH excluding ortho intramolecular Hbond substituents is 1. The summed E-state index contributed by atoms with van der Waals surface area (Å²) in [4.78, 5) is 70.7. The number of nitrogens with zero attached hydrogens (tertiary/aromatic N) is 2. The number of aliphatic hydroxyl groups is 1. The quantitative estimate of drug-likeness (QED) is 0.371. The molecule has 0 spiro atoms. The van der Waals surface area contributed by atoms with E-state index >= 15 is 0 Å². The molecule has 11 nitrogen and oxygen atoms in total. The monoisotopic (exact) mass is 597 g/mol. The summed E-state index contributed by atoms with van der Waals surface area (Å²) in [6.45, 7) is 4.33. The molecule has 5 rings (SSSR count). The van der Waals surface area contributed by atoms with Gasteiger partial charge in [-0.15, -0.1) is 0 Å². The van der Waals surface area contributed by atoms with Crippen LogP contribution in [0.4, 0.5) is 0 Å². The number of Topliss-reactive ketones (excluding diaryl/α,β-unsaturated/α-hetero) is 4. The fraction of sp³-hybridized carbons (Fsp3) is 0.656. The number of amides is 1. The minimum Gasteiger partial charge on any atom is -0.507 e. The van der Waals surface area contributed by atoms with E-state index in [0.29, 0.717) is 23.8 Å². The topological polar surface area (TPSA) is 168 Å². The highest BCUT2D eigenvalue weighted by atomic mass is 16.5. The van der Waals surface area contributed by atoms with Crippen LogP contribution in [0, 0.1) is 29.6 Å². The molecular formula is C32H43N3O8. The normalized spacial score (nSPS) is 31.2. The molecule has 3 fully saturated rings. The van der Waals surface area contributed by atoms with E-state index in [1.807, 2.05) is 0 Å². The Kier molecular flexibility index (Phi) is 8.54. The summed E-state index contributed by atoms with van der Waals surface area (Å²) in [5.41, 5.74) is 3.81. The van der Waals surface area contributed by atoms with Crippen molar-refractivity contribution >= 4 is 29.0 Å². The smallest absolute Gasteiger partial charge is 0.235 e. The van der Waals surface area contributed by atoms with Gasteiger partial charge in [0, 0.05) is 30.1 Å². The summed E-state index contributed by atoms with van der Waals surface area (Å²) < 4.78 is 5.86. The third-order valence-corrected chi connectivity index (χ3v) is 10.4. The maximum absolute atomic E-state index is 14.0. The van der Waals surface area contributed by atoms with Crippen LogP contribution >= 0.6 is 0 Å². The summed E-state index contributed by atoms with van der Waals surface area (Å²) in [5.74, 6) is -9.48. The summed E-state index contributed by atoms with van der Waals surface area (Å²) >= 11 is 0. The lowest BCUT2D eigenvalue weighted by Gasteiger charge is -2.52. The van der Waals surface area contributed by atoms with Crippen LogP contribution in [0.5, 0.6) is 11.5 Å². The molecule has 1 aromatic rings. The SMILES string of the molecule is CCN(Cc1cc(O)c2c(c1OC)C[C@H]1C[C@H]3[C@H](N(C)C)C(=O)C(C(N)=O)C(=O)[C@@]3(O)C(=O)C1C2=O)CC1CCCCC1. The van der Waals surface area contributed by atoms with Crippen molar-refractivity contribution in [1.29, 1.82) is 0 Å². The molecule has 4 aliphatic carbocycles. The molecule has 4 N–H and O–H groups in total. The number of benzene rings is 1. The van der Waals surface area contributed by atoms with Crippen molar-refractivity contribution in [2.24, 2.45) is 35.3 Å². The number of nitrogens with two attached hydrogens (primary N) is 1. The van der Waals surface area contributed by atoms with Crippen molar-refractivity contribution in [2.75, 3.05) is 34.3 Å². The van der Waals surface area contributed by atoms with Gasteiger partial charge < -0.3 is 20.7 Å². The van der Waals surface area contributed by atoms with E-state index < -0.39 is 64.4 Å². The number of carbonyl (C=O) groups is 5. The maximum Gasteiger partial charge on any atom is 0.235 e. The van der Waals surface area contributed by atoms with Gasteiger partial charge in [0.2, 0.25) is 5.91 Å². The third kappa shape index (κ3) is 4.99. The molecule has 234 valence electrons. The summed E-state index contributed by atoms with van der Waals surface area (Å²) in [5, 5.41) is 22.9. The minimum atomic E-state index is -2.74. The first-order valence-electron chi connectivity index (χ1n) is 15.3. The van der Waals surface area contributed by atoms with Crippen LogP contribution in [0.2, 0.25) is 0 Å². The number of primary amides is 1. The van der Waals surface area contributed by atoms with Crippen LogP contribution in [0.1, 0.15) is 66.9 Å². The average Bonchev–Trinajstić information content (AvgIpc) is 2.94. The van der Waals surface area contributed by atoms with E-state index in [1.54, 1.807) is 14.1 Å². The first-order valence-corrected chi connectivity index (χ1v) is 15.3. The van der Waals surface area contributed by atoms with Gasteiger partial charge in [-0.1, -0.05) is 26.2 Å². The highest BCUT2D eigenvalue weighted by molar-refractivity contribution is 6.32. The number of phenols is 1. The molecule has 6 atom stereocenters. The molecule has 1 amide bonds. The average molecular weight is 598 g/mol. The van der Waals surface area contributed by atoms with Crippen molar-refractivity contribution in [3.63, 3.8) is 0 Å². The summed E-state index contributed by atoms with van der Waals surface area (Å²) in [6.07, 6.45) is 6.31. The van der Waals surface area contributed by atoms with E-state index in [-0.39, 0.29) is 24.2 Å². The lowest BCUT2D eigenvalue weighted by molar-refractivity contribution is -0.181. The molecule has 0 bridgehead atoms. The van der Waals surface area contributed by atoms with E-state index in [1.165, 1.54) is 50.2 Å². The van der Waals surface area contributed by atoms with Gasteiger partial charge in [0.25, 0.3) is 0 Å². The molecule has 11 heteroatoms. The van der Waals surface area contributed by atoms with Crippen LogP contribution in [0.3, 0.4) is 0 Å². The second-order valence-corrected chi connectivity index (χ2v) is 13.1. The first-order chi connectivity index (χ1) is 20.4. The molecule has 0 aromatic heterocycles. The number of fused-ring (bicyclic) bond motifs is 3. The number of carbonyl (C=O) groups excluding carboxylic acids is 5. The summed E-state index contributed by atoms with van der Waals surface area (Å²) in [6, 6.07) is 0.376. The zero-order valence-electron chi connectivity index (χ0n) is 25.4. The Bertz CT molecular complexity index is 1350. The molecule has 1 aromatic carbocycles. The Balaban J connectivity index is 1.53. The molecule has 2 unspecified atom stereocenters. The van der Waals surface area contributed by atoms with Crippen LogP contribution in [0.15, 0.2) is 6.07 Å². The molecule has 3 saturated carbocycles. The number of aromatic hydroxyl groups is 1. The number of ketones is 4. The molecular weight excluding hydrogens is 554 g/mol. The van der Waals surface area contributed by atoms with Crippen molar-refractivity contribution in [1.82, 2.24) is 9.80 Å². The highest BCUT2D eigenvalue weighted by Crippen LogP contribution is 2.52. The highest BCUT2D eigenvalue weighted by Gasteiger charge is 2.69. The lowest BCUT2D eigenvalue weighted by atomic mass is 9.52. The molecule has 4 aliphatic rings. The fourth-order valence-electron chi connectivity index (χ4n) is 8.37. The van der Waals surface area contributed by atoms with E-state index in [9.17, 15) is 34.2 Å². The van der Waals surface area contributed by atoms with Gasteiger partial charge in [-0.2, -0.15) is 0 Å². The maximum atomic E-state index is 14.0. The zero-order valence-corrected chi connectivity index (χ0v) is 25.4. The van der Waals surface area contributed by atoms with Gasteiger partial charge >= 0.3 is 0 Å². The predicted octanol–water partition coefficient (Wildman–Crippen LogP) is 1.28. The third-order valence-electron chi connectivity index (χ3n) is 10.4. The van der Waals surface area contributed by atoms with Crippen molar-refractivity contribution < 1.29 is 38.9 Å². The first kappa shape index (κ1) is 31.3. The van der Waals surface area contributed by atoms with E-state index in [0.717, 1.165) is 18.7 Å². The predicted molar refractivity (Wildman–Crippen MR) is 155 cm³/mol. The molecule has 0 radical (unpaired) electrons. The van der Waals surface area contributed by atoms with Gasteiger partial charge in [-0.3, -0.25) is 33.8 Å². The molecule has 0 saturated heterocycles. The zero-order chi connectivity index (χ0) is 31.4. The largest absolute Gasteiger partial charge is 0.507 e. The van der Waals surface area contributed by atoms with Gasteiger partial charge in [0.05, 0.1) is 24.6 Å². The van der Waals surface area contributed by atoms with Gasteiger partial charge in [0.1, 0.15) is 11.5 Å². The second-order valence-electron chi connectivity index (χ2n) is 13.1. The Morgan fingerprint density at radius 1 is 1.12 bits per heavy atom.